The minimum atomic E-state index is -0.164. The van der Waals surface area contributed by atoms with Crippen LogP contribution in [0, 0.1) is 19.8 Å². The van der Waals surface area contributed by atoms with E-state index in [0.717, 1.165) is 16.7 Å². The van der Waals surface area contributed by atoms with Crippen LogP contribution >= 0.6 is 0 Å². The molecule has 1 aromatic carbocycles. The molecule has 3 nitrogen and oxygen atoms in total. The number of amides is 1. The monoisotopic (exact) mass is 249 g/mol. The fraction of sp³-hybridized carbons (Fsp3) is 0.533. The van der Waals surface area contributed by atoms with E-state index in [-0.39, 0.29) is 24.5 Å². The number of aliphatic hydroxyl groups excluding tert-OH is 1. The van der Waals surface area contributed by atoms with E-state index in [9.17, 15) is 9.90 Å². The Morgan fingerprint density at radius 3 is 2.56 bits per heavy atom. The maximum absolute atomic E-state index is 11.9. The zero-order valence-corrected chi connectivity index (χ0v) is 11.7. The summed E-state index contributed by atoms with van der Waals surface area (Å²) in [6.45, 7) is 7.98. The summed E-state index contributed by atoms with van der Waals surface area (Å²) in [5, 5.41) is 12.1. The van der Waals surface area contributed by atoms with Gasteiger partial charge in [0.25, 0.3) is 0 Å². The van der Waals surface area contributed by atoms with Crippen molar-refractivity contribution in [3.05, 3.63) is 34.9 Å². The number of rotatable bonds is 5. The third kappa shape index (κ3) is 4.15. The van der Waals surface area contributed by atoms with Gasteiger partial charge in [0.15, 0.2) is 0 Å². The molecule has 0 heterocycles. The summed E-state index contributed by atoms with van der Waals surface area (Å²) in [6, 6.07) is 5.95. The number of aryl methyl sites for hydroxylation is 2. The van der Waals surface area contributed by atoms with E-state index in [0.29, 0.717) is 6.42 Å². The molecule has 1 aromatic rings. The van der Waals surface area contributed by atoms with Crippen molar-refractivity contribution in [3.8, 4) is 0 Å². The zero-order chi connectivity index (χ0) is 13.7. The quantitative estimate of drug-likeness (QED) is 0.838. The van der Waals surface area contributed by atoms with Crippen molar-refractivity contribution in [2.75, 3.05) is 6.61 Å². The molecular formula is C15H23NO2. The molecule has 1 amide bonds. The average molecular weight is 249 g/mol. The lowest BCUT2D eigenvalue weighted by Gasteiger charge is -2.20. The second-order valence-corrected chi connectivity index (χ2v) is 5.21. The van der Waals surface area contributed by atoms with Crippen LogP contribution < -0.4 is 5.32 Å². The highest BCUT2D eigenvalue weighted by Crippen LogP contribution is 2.11. The zero-order valence-electron chi connectivity index (χ0n) is 11.7. The summed E-state index contributed by atoms with van der Waals surface area (Å²) in [7, 11) is 0. The molecule has 0 spiro atoms. The van der Waals surface area contributed by atoms with Crippen molar-refractivity contribution in [2.24, 2.45) is 5.92 Å². The smallest absolute Gasteiger partial charge is 0.224 e. The van der Waals surface area contributed by atoms with Crippen LogP contribution in [0.5, 0.6) is 0 Å². The molecule has 3 heteroatoms. The van der Waals surface area contributed by atoms with E-state index in [4.69, 9.17) is 0 Å². The lowest BCUT2D eigenvalue weighted by molar-refractivity contribution is -0.121. The molecule has 1 unspecified atom stereocenters. The van der Waals surface area contributed by atoms with Gasteiger partial charge in [-0.25, -0.2) is 0 Å². The third-order valence-electron chi connectivity index (χ3n) is 3.20. The number of hydrogen-bond acceptors (Lipinski definition) is 2. The van der Waals surface area contributed by atoms with Crippen LogP contribution in [-0.4, -0.2) is 23.7 Å². The Hall–Kier alpha value is -1.35. The van der Waals surface area contributed by atoms with Crippen LogP contribution in [0.25, 0.3) is 0 Å². The summed E-state index contributed by atoms with van der Waals surface area (Å²) < 4.78 is 0. The molecule has 0 bridgehead atoms. The Bertz CT molecular complexity index is 413. The standard InChI is InChI=1S/C15H23NO2/c1-10(2)14(9-17)16-15(18)8-13-7-11(3)5-6-12(13)4/h5-7,10,14,17H,8-9H2,1-4H3,(H,16,18). The van der Waals surface area contributed by atoms with Crippen LogP contribution in [0.2, 0.25) is 0 Å². The van der Waals surface area contributed by atoms with Crippen molar-refractivity contribution in [3.63, 3.8) is 0 Å². The Balaban J connectivity index is 2.67. The lowest BCUT2D eigenvalue weighted by Crippen LogP contribution is -2.41. The van der Waals surface area contributed by atoms with Crippen molar-refractivity contribution in [1.29, 1.82) is 0 Å². The van der Waals surface area contributed by atoms with E-state index in [1.807, 2.05) is 45.9 Å². The summed E-state index contributed by atoms with van der Waals surface area (Å²) in [6.07, 6.45) is 0.372. The first kappa shape index (κ1) is 14.7. The average Bonchev–Trinajstić information content (AvgIpc) is 2.30. The first-order chi connectivity index (χ1) is 8.43. The molecule has 1 rings (SSSR count). The van der Waals surface area contributed by atoms with Crippen molar-refractivity contribution < 1.29 is 9.90 Å². The summed E-state index contributed by atoms with van der Waals surface area (Å²) >= 11 is 0. The maximum Gasteiger partial charge on any atom is 0.224 e. The number of hydrogen-bond donors (Lipinski definition) is 2. The van der Waals surface area contributed by atoms with Gasteiger partial charge in [-0.15, -0.1) is 0 Å². The first-order valence-corrected chi connectivity index (χ1v) is 6.40. The largest absolute Gasteiger partial charge is 0.394 e. The molecule has 0 aliphatic carbocycles. The van der Waals surface area contributed by atoms with E-state index in [1.54, 1.807) is 0 Å². The van der Waals surface area contributed by atoms with E-state index in [2.05, 4.69) is 5.32 Å². The molecular weight excluding hydrogens is 226 g/mol. The molecule has 2 N–H and O–H groups in total. The van der Waals surface area contributed by atoms with E-state index >= 15 is 0 Å². The molecule has 1 atom stereocenters. The molecule has 0 aliphatic rings. The molecule has 18 heavy (non-hydrogen) atoms. The van der Waals surface area contributed by atoms with Gasteiger partial charge in [-0.05, 0) is 30.9 Å². The minimum Gasteiger partial charge on any atom is -0.394 e. The highest BCUT2D eigenvalue weighted by Gasteiger charge is 2.15. The second kappa shape index (κ2) is 6.55. The fourth-order valence-electron chi connectivity index (χ4n) is 1.84. The van der Waals surface area contributed by atoms with E-state index < -0.39 is 0 Å². The van der Waals surface area contributed by atoms with Crippen LogP contribution in [0.4, 0.5) is 0 Å². The lowest BCUT2D eigenvalue weighted by atomic mass is 10.0. The highest BCUT2D eigenvalue weighted by atomic mass is 16.3. The normalized spacial score (nSPS) is 12.6. The molecule has 0 radical (unpaired) electrons. The van der Waals surface area contributed by atoms with Gasteiger partial charge in [0.2, 0.25) is 5.91 Å². The summed E-state index contributed by atoms with van der Waals surface area (Å²) in [4.78, 5) is 11.9. The number of carbonyl (C=O) groups excluding carboxylic acids is 1. The van der Waals surface area contributed by atoms with Gasteiger partial charge in [-0.3, -0.25) is 4.79 Å². The molecule has 0 fully saturated rings. The topological polar surface area (TPSA) is 49.3 Å². The minimum absolute atomic E-state index is 0.0177. The molecule has 0 aromatic heterocycles. The van der Waals surface area contributed by atoms with Crippen LogP contribution in [-0.2, 0) is 11.2 Å². The van der Waals surface area contributed by atoms with Gasteiger partial charge in [0, 0.05) is 0 Å². The van der Waals surface area contributed by atoms with Crippen LogP contribution in [0.3, 0.4) is 0 Å². The van der Waals surface area contributed by atoms with E-state index in [1.165, 1.54) is 0 Å². The first-order valence-electron chi connectivity index (χ1n) is 6.40. The van der Waals surface area contributed by atoms with Gasteiger partial charge in [0.1, 0.15) is 0 Å². The SMILES string of the molecule is Cc1ccc(C)c(CC(=O)NC(CO)C(C)C)c1. The Labute approximate surface area is 109 Å². The molecule has 0 saturated heterocycles. The van der Waals surface area contributed by atoms with Crippen molar-refractivity contribution in [2.45, 2.75) is 40.2 Å². The van der Waals surface area contributed by atoms with Gasteiger partial charge in [0.05, 0.1) is 19.1 Å². The van der Waals surface area contributed by atoms with Gasteiger partial charge in [-0.2, -0.15) is 0 Å². The Morgan fingerprint density at radius 2 is 2.00 bits per heavy atom. The van der Waals surface area contributed by atoms with Crippen molar-refractivity contribution in [1.82, 2.24) is 5.32 Å². The predicted molar refractivity (Wildman–Crippen MR) is 73.5 cm³/mol. The molecule has 0 saturated carbocycles. The molecule has 0 aliphatic heterocycles. The summed E-state index contributed by atoms with van der Waals surface area (Å²) in [5.74, 6) is 0.203. The van der Waals surface area contributed by atoms with Gasteiger partial charge in [-0.1, -0.05) is 37.6 Å². The number of nitrogens with one attached hydrogen (secondary N) is 1. The Kier molecular flexibility index (Phi) is 5.35. The third-order valence-corrected chi connectivity index (χ3v) is 3.20. The number of aliphatic hydroxyl groups is 1. The predicted octanol–water partition coefficient (Wildman–Crippen LogP) is 1.98. The van der Waals surface area contributed by atoms with Gasteiger partial charge >= 0.3 is 0 Å². The fourth-order valence-corrected chi connectivity index (χ4v) is 1.84. The second-order valence-electron chi connectivity index (χ2n) is 5.21. The highest BCUT2D eigenvalue weighted by molar-refractivity contribution is 5.79. The Morgan fingerprint density at radius 1 is 1.33 bits per heavy atom. The van der Waals surface area contributed by atoms with Crippen LogP contribution in [0.1, 0.15) is 30.5 Å². The van der Waals surface area contributed by atoms with Gasteiger partial charge < -0.3 is 10.4 Å². The van der Waals surface area contributed by atoms with Crippen LogP contribution in [0.15, 0.2) is 18.2 Å². The number of benzene rings is 1. The maximum atomic E-state index is 11.9. The summed E-state index contributed by atoms with van der Waals surface area (Å²) in [5.41, 5.74) is 3.33. The van der Waals surface area contributed by atoms with Crippen molar-refractivity contribution >= 4 is 5.91 Å². The molecule has 100 valence electrons. The number of carbonyl (C=O) groups is 1.